The van der Waals surface area contributed by atoms with Crippen molar-refractivity contribution in [3.63, 3.8) is 0 Å². The summed E-state index contributed by atoms with van der Waals surface area (Å²) < 4.78 is 0. The summed E-state index contributed by atoms with van der Waals surface area (Å²) in [5, 5.41) is 6.44. The number of nitrogens with one attached hydrogen (secondary N) is 2. The van der Waals surface area contributed by atoms with Gasteiger partial charge in [-0.2, -0.15) is 0 Å². The lowest BCUT2D eigenvalue weighted by Crippen LogP contribution is -2.29. The summed E-state index contributed by atoms with van der Waals surface area (Å²) in [6, 6.07) is 2.44. The highest BCUT2D eigenvalue weighted by Gasteiger charge is 2.03. The molecule has 1 heterocycles. The van der Waals surface area contributed by atoms with Crippen LogP contribution in [-0.4, -0.2) is 29.6 Å². The van der Waals surface area contributed by atoms with Crippen LogP contribution in [0.2, 0.25) is 0 Å². The van der Waals surface area contributed by atoms with Crippen LogP contribution in [0.25, 0.3) is 0 Å². The smallest absolute Gasteiger partial charge is 0.129 e. The van der Waals surface area contributed by atoms with Gasteiger partial charge in [0.05, 0.1) is 0 Å². The molecular weight excluding hydrogens is 188 g/mol. The van der Waals surface area contributed by atoms with Crippen molar-refractivity contribution in [1.29, 1.82) is 0 Å². The van der Waals surface area contributed by atoms with Crippen molar-refractivity contribution in [2.24, 2.45) is 0 Å². The molecule has 0 spiro atoms. The van der Waals surface area contributed by atoms with E-state index in [4.69, 9.17) is 0 Å². The summed E-state index contributed by atoms with van der Waals surface area (Å²) >= 11 is 0. The average molecular weight is 208 g/mol. The molecular formula is C11H20N4. The molecule has 0 amide bonds. The molecule has 4 heteroatoms. The Morgan fingerprint density at radius 2 is 2.00 bits per heavy atom. The van der Waals surface area contributed by atoms with Crippen LogP contribution in [0.15, 0.2) is 12.4 Å². The van der Waals surface area contributed by atoms with E-state index in [1.807, 2.05) is 13.1 Å². The summed E-state index contributed by atoms with van der Waals surface area (Å²) in [7, 11) is 1.95. The Labute approximate surface area is 91.5 Å². The van der Waals surface area contributed by atoms with Crippen molar-refractivity contribution >= 4 is 5.82 Å². The third-order valence-corrected chi connectivity index (χ3v) is 2.36. The Morgan fingerprint density at radius 3 is 2.60 bits per heavy atom. The second-order valence-electron chi connectivity index (χ2n) is 4.05. The van der Waals surface area contributed by atoms with Crippen molar-refractivity contribution in [1.82, 2.24) is 15.3 Å². The predicted octanol–water partition coefficient (Wildman–Crippen LogP) is 1.62. The molecule has 0 aliphatic carbocycles. The van der Waals surface area contributed by atoms with Crippen molar-refractivity contribution in [2.45, 2.75) is 32.7 Å². The van der Waals surface area contributed by atoms with Crippen LogP contribution < -0.4 is 10.6 Å². The van der Waals surface area contributed by atoms with Crippen molar-refractivity contribution < 1.29 is 0 Å². The topological polar surface area (TPSA) is 49.8 Å². The number of rotatable bonds is 5. The molecule has 2 N–H and O–H groups in total. The van der Waals surface area contributed by atoms with E-state index >= 15 is 0 Å². The van der Waals surface area contributed by atoms with E-state index in [9.17, 15) is 0 Å². The predicted molar refractivity (Wildman–Crippen MR) is 63.1 cm³/mol. The lowest BCUT2D eigenvalue weighted by Gasteiger charge is -2.12. The second-order valence-corrected chi connectivity index (χ2v) is 4.05. The molecule has 0 radical (unpaired) electrons. The highest BCUT2D eigenvalue weighted by molar-refractivity contribution is 5.35. The number of hydrogen-bond acceptors (Lipinski definition) is 4. The molecule has 1 atom stereocenters. The zero-order valence-corrected chi connectivity index (χ0v) is 9.91. The first-order valence-electron chi connectivity index (χ1n) is 5.36. The maximum Gasteiger partial charge on any atom is 0.129 e. The first-order chi connectivity index (χ1) is 7.13. The quantitative estimate of drug-likeness (QED) is 0.772. The minimum atomic E-state index is 0.433. The van der Waals surface area contributed by atoms with Crippen molar-refractivity contribution in [3.05, 3.63) is 18.1 Å². The second kappa shape index (κ2) is 5.66. The van der Waals surface area contributed by atoms with E-state index in [-0.39, 0.29) is 0 Å². The van der Waals surface area contributed by atoms with E-state index in [0.717, 1.165) is 18.1 Å². The van der Waals surface area contributed by atoms with E-state index in [1.165, 1.54) is 0 Å². The third kappa shape index (κ3) is 3.83. The van der Waals surface area contributed by atoms with Crippen molar-refractivity contribution in [3.8, 4) is 0 Å². The average Bonchev–Trinajstić information content (AvgIpc) is 2.26. The zero-order chi connectivity index (χ0) is 11.3. The lowest BCUT2D eigenvalue weighted by atomic mass is 10.1. The number of aromatic nitrogens is 2. The number of nitrogens with zero attached hydrogens (tertiary/aromatic N) is 2. The van der Waals surface area contributed by atoms with E-state index in [1.54, 1.807) is 6.33 Å². The molecule has 1 rings (SSSR count). The largest absolute Gasteiger partial charge is 0.368 e. The van der Waals surface area contributed by atoms with Gasteiger partial charge in [0.2, 0.25) is 0 Å². The highest BCUT2D eigenvalue weighted by atomic mass is 15.0. The van der Waals surface area contributed by atoms with Crippen LogP contribution >= 0.6 is 0 Å². The molecule has 0 aliphatic rings. The molecule has 1 unspecified atom stereocenters. The molecule has 0 bridgehead atoms. The van der Waals surface area contributed by atoms with E-state index in [0.29, 0.717) is 12.0 Å². The lowest BCUT2D eigenvalue weighted by molar-refractivity contribution is 0.637. The van der Waals surface area contributed by atoms with Gasteiger partial charge in [-0.1, -0.05) is 13.8 Å². The highest BCUT2D eigenvalue weighted by Crippen LogP contribution is 2.13. The fraction of sp³-hybridized carbons (Fsp3) is 0.636. The molecule has 1 aromatic heterocycles. The first-order valence-corrected chi connectivity index (χ1v) is 5.36. The van der Waals surface area contributed by atoms with Crippen LogP contribution in [0.1, 0.15) is 32.4 Å². The van der Waals surface area contributed by atoms with Crippen LogP contribution in [0.3, 0.4) is 0 Å². The summed E-state index contributed by atoms with van der Waals surface area (Å²) in [4.78, 5) is 8.40. The van der Waals surface area contributed by atoms with Gasteiger partial charge >= 0.3 is 0 Å². The molecule has 15 heavy (non-hydrogen) atoms. The van der Waals surface area contributed by atoms with Gasteiger partial charge in [0.15, 0.2) is 0 Å². The first kappa shape index (κ1) is 11.9. The Morgan fingerprint density at radius 1 is 1.27 bits per heavy atom. The fourth-order valence-electron chi connectivity index (χ4n) is 1.14. The molecule has 0 aromatic carbocycles. The molecule has 0 saturated heterocycles. The van der Waals surface area contributed by atoms with E-state index < -0.39 is 0 Å². The summed E-state index contributed by atoms with van der Waals surface area (Å²) in [5.41, 5.74) is 1.07. The number of likely N-dealkylation sites (N-methyl/N-ethyl adjacent to an activating group) is 1. The molecule has 0 fully saturated rings. The molecule has 0 saturated carbocycles. The molecule has 1 aromatic rings. The van der Waals surface area contributed by atoms with Crippen LogP contribution in [0.4, 0.5) is 5.82 Å². The third-order valence-electron chi connectivity index (χ3n) is 2.36. The maximum atomic E-state index is 4.22. The maximum absolute atomic E-state index is 4.22. The van der Waals surface area contributed by atoms with Crippen LogP contribution in [-0.2, 0) is 0 Å². The summed E-state index contributed by atoms with van der Waals surface area (Å²) in [6.45, 7) is 7.24. The van der Waals surface area contributed by atoms with Gasteiger partial charge in [0.25, 0.3) is 0 Å². The van der Waals surface area contributed by atoms with Crippen LogP contribution in [0, 0.1) is 0 Å². The Hall–Kier alpha value is -1.16. The van der Waals surface area contributed by atoms with Gasteiger partial charge in [0, 0.05) is 24.3 Å². The Kier molecular flexibility index (Phi) is 4.49. The normalized spacial score (nSPS) is 12.9. The molecule has 4 nitrogen and oxygen atoms in total. The van der Waals surface area contributed by atoms with Gasteiger partial charge in [0.1, 0.15) is 12.1 Å². The summed E-state index contributed by atoms with van der Waals surface area (Å²) in [5.74, 6) is 1.34. The Balaban J connectivity index is 2.58. The number of anilines is 1. The van der Waals surface area contributed by atoms with Gasteiger partial charge in [-0.3, -0.25) is 0 Å². The molecule has 84 valence electrons. The van der Waals surface area contributed by atoms with Gasteiger partial charge in [-0.05, 0) is 19.9 Å². The summed E-state index contributed by atoms with van der Waals surface area (Å²) in [6.07, 6.45) is 1.61. The minimum Gasteiger partial charge on any atom is -0.368 e. The monoisotopic (exact) mass is 208 g/mol. The zero-order valence-electron chi connectivity index (χ0n) is 9.91. The SMILES string of the molecule is CNC(C)CNc1cc(C(C)C)ncn1. The standard InChI is InChI=1S/C11H20N4/c1-8(2)10-5-11(15-7-14-10)13-6-9(3)12-4/h5,7-9,12H,6H2,1-4H3,(H,13,14,15). The van der Waals surface area contributed by atoms with Gasteiger partial charge in [-0.25, -0.2) is 9.97 Å². The minimum absolute atomic E-state index is 0.433. The van der Waals surface area contributed by atoms with Gasteiger partial charge < -0.3 is 10.6 Å². The van der Waals surface area contributed by atoms with Crippen LogP contribution in [0.5, 0.6) is 0 Å². The number of hydrogen-bond donors (Lipinski definition) is 2. The Bertz CT molecular complexity index is 298. The fourth-order valence-corrected chi connectivity index (χ4v) is 1.14. The van der Waals surface area contributed by atoms with Gasteiger partial charge in [-0.15, -0.1) is 0 Å². The molecule has 0 aliphatic heterocycles. The van der Waals surface area contributed by atoms with Crippen molar-refractivity contribution in [2.75, 3.05) is 18.9 Å². The van der Waals surface area contributed by atoms with E-state index in [2.05, 4.69) is 41.4 Å².